The highest BCUT2D eigenvalue weighted by molar-refractivity contribution is 5.77. The zero-order valence-corrected chi connectivity index (χ0v) is 15.0. The van der Waals surface area contributed by atoms with Gasteiger partial charge in [0.25, 0.3) is 0 Å². The number of carbonyl (C=O) groups is 1. The molecule has 4 nitrogen and oxygen atoms in total. The SMILES string of the molecule is Cc1ccc(OC2CCN(C(=O)C[C@@H]3CCCCN3C)CC2)cc1. The molecular formula is C20H30N2O2. The van der Waals surface area contributed by atoms with Crippen LogP contribution in [-0.4, -0.2) is 54.5 Å². The van der Waals surface area contributed by atoms with Gasteiger partial charge in [-0.1, -0.05) is 24.1 Å². The highest BCUT2D eigenvalue weighted by atomic mass is 16.5. The Kier molecular flexibility index (Phi) is 5.77. The number of carbonyl (C=O) groups excluding carboxylic acids is 1. The van der Waals surface area contributed by atoms with Gasteiger partial charge in [0.05, 0.1) is 0 Å². The molecular weight excluding hydrogens is 300 g/mol. The van der Waals surface area contributed by atoms with Crippen LogP contribution in [0, 0.1) is 6.92 Å². The molecule has 1 atom stereocenters. The van der Waals surface area contributed by atoms with Gasteiger partial charge >= 0.3 is 0 Å². The first-order valence-electron chi connectivity index (χ1n) is 9.33. The highest BCUT2D eigenvalue weighted by Gasteiger charge is 2.27. The van der Waals surface area contributed by atoms with Crippen molar-refractivity contribution in [2.75, 3.05) is 26.7 Å². The van der Waals surface area contributed by atoms with Crippen molar-refractivity contribution in [3.63, 3.8) is 0 Å². The van der Waals surface area contributed by atoms with Crippen LogP contribution in [0.15, 0.2) is 24.3 Å². The van der Waals surface area contributed by atoms with E-state index < -0.39 is 0 Å². The van der Waals surface area contributed by atoms with Crippen LogP contribution in [0.1, 0.15) is 44.1 Å². The normalized spacial score (nSPS) is 23.2. The maximum absolute atomic E-state index is 12.6. The molecule has 24 heavy (non-hydrogen) atoms. The Balaban J connectivity index is 1.44. The molecule has 0 aliphatic carbocycles. The molecule has 1 aromatic rings. The minimum atomic E-state index is 0.231. The monoisotopic (exact) mass is 330 g/mol. The van der Waals surface area contributed by atoms with Crippen LogP contribution < -0.4 is 4.74 Å². The van der Waals surface area contributed by atoms with E-state index in [-0.39, 0.29) is 6.10 Å². The Bertz CT molecular complexity index is 535. The molecule has 2 aliphatic heterocycles. The molecule has 1 aromatic carbocycles. The maximum atomic E-state index is 12.6. The summed E-state index contributed by atoms with van der Waals surface area (Å²) in [5.41, 5.74) is 1.25. The van der Waals surface area contributed by atoms with Gasteiger partial charge < -0.3 is 14.5 Å². The van der Waals surface area contributed by atoms with Crippen molar-refractivity contribution >= 4 is 5.91 Å². The fourth-order valence-electron chi connectivity index (χ4n) is 3.77. The van der Waals surface area contributed by atoms with Crippen LogP contribution in [0.4, 0.5) is 0 Å². The van der Waals surface area contributed by atoms with Crippen LogP contribution >= 0.6 is 0 Å². The lowest BCUT2D eigenvalue weighted by Gasteiger charge is -2.36. The molecule has 0 unspecified atom stereocenters. The Morgan fingerprint density at radius 1 is 1.08 bits per heavy atom. The zero-order chi connectivity index (χ0) is 16.9. The predicted molar refractivity (Wildman–Crippen MR) is 96.3 cm³/mol. The summed E-state index contributed by atoms with van der Waals surface area (Å²) in [6, 6.07) is 8.66. The lowest BCUT2D eigenvalue weighted by Crippen LogP contribution is -2.45. The number of nitrogens with zero attached hydrogens (tertiary/aromatic N) is 2. The molecule has 2 heterocycles. The number of aryl methyl sites for hydroxylation is 1. The van der Waals surface area contributed by atoms with E-state index >= 15 is 0 Å². The molecule has 2 aliphatic rings. The molecule has 0 aromatic heterocycles. The van der Waals surface area contributed by atoms with Gasteiger partial charge in [0, 0.05) is 38.4 Å². The minimum absolute atomic E-state index is 0.231. The number of likely N-dealkylation sites (tertiary alicyclic amines) is 2. The number of hydrogen-bond donors (Lipinski definition) is 0. The standard InChI is InChI=1S/C20H30N2O2/c1-16-6-8-18(9-7-16)24-19-10-13-22(14-11-19)20(23)15-17-5-3-4-12-21(17)2/h6-9,17,19H,3-5,10-15H2,1-2H3/t17-/m0/s1. The molecule has 4 heteroatoms. The van der Waals surface area contributed by atoms with Gasteiger partial charge in [-0.3, -0.25) is 4.79 Å². The van der Waals surface area contributed by atoms with Crippen molar-refractivity contribution in [1.29, 1.82) is 0 Å². The van der Waals surface area contributed by atoms with E-state index in [0.717, 1.165) is 44.6 Å². The summed E-state index contributed by atoms with van der Waals surface area (Å²) in [5.74, 6) is 1.26. The Morgan fingerprint density at radius 2 is 1.79 bits per heavy atom. The van der Waals surface area contributed by atoms with E-state index in [2.05, 4.69) is 31.0 Å². The number of ether oxygens (including phenoxy) is 1. The summed E-state index contributed by atoms with van der Waals surface area (Å²) in [5, 5.41) is 0. The number of benzene rings is 1. The van der Waals surface area contributed by atoms with Crippen molar-refractivity contribution in [2.45, 2.75) is 57.6 Å². The van der Waals surface area contributed by atoms with Gasteiger partial charge in [-0.2, -0.15) is 0 Å². The van der Waals surface area contributed by atoms with Gasteiger partial charge in [0.1, 0.15) is 11.9 Å². The van der Waals surface area contributed by atoms with E-state index in [1.165, 1.54) is 18.4 Å². The van der Waals surface area contributed by atoms with Gasteiger partial charge in [0.15, 0.2) is 0 Å². The third-order valence-corrected chi connectivity index (χ3v) is 5.45. The van der Waals surface area contributed by atoms with Crippen LogP contribution in [0.2, 0.25) is 0 Å². The molecule has 1 amide bonds. The van der Waals surface area contributed by atoms with Crippen molar-refractivity contribution in [2.24, 2.45) is 0 Å². The number of piperidine rings is 2. The van der Waals surface area contributed by atoms with Crippen LogP contribution in [-0.2, 0) is 4.79 Å². The van der Waals surface area contributed by atoms with Gasteiger partial charge in [-0.15, -0.1) is 0 Å². The second kappa shape index (κ2) is 8.02. The molecule has 0 spiro atoms. The van der Waals surface area contributed by atoms with Gasteiger partial charge in [0.2, 0.25) is 5.91 Å². The summed E-state index contributed by atoms with van der Waals surface area (Å²) in [6.45, 7) is 4.86. The van der Waals surface area contributed by atoms with Crippen LogP contribution in [0.3, 0.4) is 0 Å². The van der Waals surface area contributed by atoms with E-state index in [0.29, 0.717) is 18.4 Å². The summed E-state index contributed by atoms with van der Waals surface area (Å²) >= 11 is 0. The summed E-state index contributed by atoms with van der Waals surface area (Å²) in [4.78, 5) is 17.0. The molecule has 0 N–H and O–H groups in total. The van der Waals surface area contributed by atoms with Crippen molar-refractivity contribution in [3.05, 3.63) is 29.8 Å². The molecule has 0 saturated carbocycles. The summed E-state index contributed by atoms with van der Waals surface area (Å²) in [6.07, 6.45) is 6.46. The molecule has 2 fully saturated rings. The Morgan fingerprint density at radius 3 is 2.46 bits per heavy atom. The zero-order valence-electron chi connectivity index (χ0n) is 15.0. The largest absolute Gasteiger partial charge is 0.490 e. The second-order valence-corrected chi connectivity index (χ2v) is 7.35. The fourth-order valence-corrected chi connectivity index (χ4v) is 3.77. The Labute approximate surface area is 145 Å². The van der Waals surface area contributed by atoms with Crippen molar-refractivity contribution in [1.82, 2.24) is 9.80 Å². The van der Waals surface area contributed by atoms with E-state index in [9.17, 15) is 4.79 Å². The lowest BCUT2D eigenvalue weighted by atomic mass is 9.98. The van der Waals surface area contributed by atoms with E-state index in [1.807, 2.05) is 17.0 Å². The minimum Gasteiger partial charge on any atom is -0.490 e. The average Bonchev–Trinajstić information content (AvgIpc) is 2.59. The summed E-state index contributed by atoms with van der Waals surface area (Å²) < 4.78 is 6.06. The van der Waals surface area contributed by atoms with E-state index in [4.69, 9.17) is 4.74 Å². The predicted octanol–water partition coefficient (Wildman–Crippen LogP) is 3.24. The van der Waals surface area contributed by atoms with Crippen molar-refractivity contribution in [3.8, 4) is 5.75 Å². The Hall–Kier alpha value is -1.55. The maximum Gasteiger partial charge on any atom is 0.224 e. The molecule has 0 radical (unpaired) electrons. The fraction of sp³-hybridized carbons (Fsp3) is 0.650. The highest BCUT2D eigenvalue weighted by Crippen LogP contribution is 2.22. The van der Waals surface area contributed by atoms with Gasteiger partial charge in [-0.25, -0.2) is 0 Å². The lowest BCUT2D eigenvalue weighted by molar-refractivity contribution is -0.134. The quantitative estimate of drug-likeness (QED) is 0.850. The first-order chi connectivity index (χ1) is 11.6. The number of rotatable bonds is 4. The molecule has 3 rings (SSSR count). The van der Waals surface area contributed by atoms with E-state index in [1.54, 1.807) is 0 Å². The number of hydrogen-bond acceptors (Lipinski definition) is 3. The topological polar surface area (TPSA) is 32.8 Å². The average molecular weight is 330 g/mol. The first-order valence-corrected chi connectivity index (χ1v) is 9.33. The second-order valence-electron chi connectivity index (χ2n) is 7.35. The molecule has 2 saturated heterocycles. The van der Waals surface area contributed by atoms with Crippen LogP contribution in [0.25, 0.3) is 0 Å². The van der Waals surface area contributed by atoms with Crippen molar-refractivity contribution < 1.29 is 9.53 Å². The molecule has 0 bridgehead atoms. The van der Waals surface area contributed by atoms with Crippen LogP contribution in [0.5, 0.6) is 5.75 Å². The third kappa shape index (κ3) is 4.50. The first kappa shape index (κ1) is 17.3. The smallest absolute Gasteiger partial charge is 0.224 e. The number of amides is 1. The third-order valence-electron chi connectivity index (χ3n) is 5.45. The van der Waals surface area contributed by atoms with Gasteiger partial charge in [-0.05, 0) is 45.5 Å². The summed E-state index contributed by atoms with van der Waals surface area (Å²) in [7, 11) is 2.15. The molecule has 132 valence electrons.